The van der Waals surface area contributed by atoms with Gasteiger partial charge in [0.25, 0.3) is 0 Å². The van der Waals surface area contributed by atoms with Crippen LogP contribution in [0.3, 0.4) is 0 Å². The van der Waals surface area contributed by atoms with Gasteiger partial charge in [0.2, 0.25) is 17.7 Å². The minimum atomic E-state index is -0.616. The van der Waals surface area contributed by atoms with Gasteiger partial charge in [0.1, 0.15) is 5.54 Å². The molecule has 3 aromatic carbocycles. The molecule has 12 nitrogen and oxygen atoms in total. The van der Waals surface area contributed by atoms with Crippen LogP contribution in [0.4, 0.5) is 11.4 Å². The molecule has 3 heterocycles. The number of aliphatic hydroxyl groups excluding tert-OH is 1. The van der Waals surface area contributed by atoms with Crippen molar-refractivity contribution in [1.29, 1.82) is 0 Å². The highest BCUT2D eigenvalue weighted by atomic mass is 16.7. The molecule has 3 aromatic rings. The number of unbranched alkanes of at least 4 members (excludes halogenated alkanes) is 3. The van der Waals surface area contributed by atoms with E-state index >= 15 is 0 Å². The summed E-state index contributed by atoms with van der Waals surface area (Å²) in [5.74, 6) is -0.367. The fourth-order valence-corrected chi connectivity index (χ4v) is 7.39. The van der Waals surface area contributed by atoms with Crippen molar-refractivity contribution in [2.75, 3.05) is 36.5 Å². The Kier molecular flexibility index (Phi) is 12.3. The van der Waals surface area contributed by atoms with Crippen molar-refractivity contribution in [3.63, 3.8) is 0 Å². The maximum atomic E-state index is 13.2. The number of hydrogen-bond donors (Lipinski definition) is 5. The first kappa shape index (κ1) is 36.5. The van der Waals surface area contributed by atoms with Gasteiger partial charge in [-0.05, 0) is 61.1 Å². The standard InChI is InChI=1S/C39H49N5O7/c45-26-28-12-14-29(15-13-28)34-24-33(25-43-22-20-39(21-23-43)38(48)40-27-44(39)32-8-4-3-5-9-32)50-37(51-34)30-16-18-31(19-17-30)41-35(46)10-6-1-2-7-11-36(47)42-49/h3-5,8-9,12-19,33-34,37,45,49H,1-2,6-7,10-11,20-27H2,(H,40,48)(H,41,46)(H,42,47). The Labute approximate surface area is 299 Å². The lowest BCUT2D eigenvalue weighted by molar-refractivity contribution is -0.253. The van der Waals surface area contributed by atoms with Crippen molar-refractivity contribution >= 4 is 29.1 Å². The number of carbonyl (C=O) groups is 3. The number of benzene rings is 3. The third-order valence-electron chi connectivity index (χ3n) is 10.3. The van der Waals surface area contributed by atoms with Crippen molar-refractivity contribution in [3.8, 4) is 0 Å². The molecular formula is C39H49N5O7. The second kappa shape index (κ2) is 17.3. The van der Waals surface area contributed by atoms with Gasteiger partial charge in [-0.15, -0.1) is 0 Å². The number of rotatable bonds is 14. The highest BCUT2D eigenvalue weighted by molar-refractivity contribution is 5.93. The summed E-state index contributed by atoms with van der Waals surface area (Å²) >= 11 is 0. The zero-order valence-electron chi connectivity index (χ0n) is 29.0. The fraction of sp³-hybridized carbons (Fsp3) is 0.462. The number of aliphatic hydroxyl groups is 1. The first-order chi connectivity index (χ1) is 24.9. The van der Waals surface area contributed by atoms with Crippen LogP contribution in [0, 0.1) is 0 Å². The van der Waals surface area contributed by atoms with Crippen LogP contribution < -0.4 is 21.0 Å². The van der Waals surface area contributed by atoms with E-state index < -0.39 is 17.7 Å². The zero-order valence-corrected chi connectivity index (χ0v) is 29.0. The molecule has 51 heavy (non-hydrogen) atoms. The fourth-order valence-electron chi connectivity index (χ4n) is 7.39. The average molecular weight is 700 g/mol. The number of carbonyl (C=O) groups excluding carboxylic acids is 3. The van der Waals surface area contributed by atoms with Crippen LogP contribution in [-0.2, 0) is 30.5 Å². The molecule has 0 bridgehead atoms. The largest absolute Gasteiger partial charge is 0.392 e. The van der Waals surface area contributed by atoms with Gasteiger partial charge in [-0.25, -0.2) is 5.48 Å². The molecule has 5 N–H and O–H groups in total. The molecule has 0 radical (unpaired) electrons. The molecule has 3 atom stereocenters. The van der Waals surface area contributed by atoms with Crippen molar-refractivity contribution < 1.29 is 34.2 Å². The lowest BCUT2D eigenvalue weighted by atomic mass is 9.85. The first-order valence-electron chi connectivity index (χ1n) is 18.0. The van der Waals surface area contributed by atoms with E-state index in [1.165, 1.54) is 0 Å². The van der Waals surface area contributed by atoms with Gasteiger partial charge in [0.15, 0.2) is 6.29 Å². The van der Waals surface area contributed by atoms with E-state index in [9.17, 15) is 19.5 Å². The highest BCUT2D eigenvalue weighted by Crippen LogP contribution is 2.40. The monoisotopic (exact) mass is 699 g/mol. The average Bonchev–Trinajstić information content (AvgIpc) is 3.48. The molecule has 3 saturated heterocycles. The molecule has 0 aliphatic carbocycles. The summed E-state index contributed by atoms with van der Waals surface area (Å²) in [7, 11) is 0. The predicted octanol–water partition coefficient (Wildman–Crippen LogP) is 4.94. The van der Waals surface area contributed by atoms with Gasteiger partial charge in [-0.3, -0.25) is 19.6 Å². The predicted molar refractivity (Wildman–Crippen MR) is 191 cm³/mol. The van der Waals surface area contributed by atoms with Crippen LogP contribution in [0.25, 0.3) is 0 Å². The van der Waals surface area contributed by atoms with Crippen LogP contribution in [0.5, 0.6) is 0 Å². The van der Waals surface area contributed by atoms with Crippen molar-refractivity contribution in [2.24, 2.45) is 0 Å². The lowest BCUT2D eigenvalue weighted by Crippen LogP contribution is -2.57. The van der Waals surface area contributed by atoms with Crippen LogP contribution >= 0.6 is 0 Å². The lowest BCUT2D eigenvalue weighted by Gasteiger charge is -2.45. The van der Waals surface area contributed by atoms with E-state index in [0.717, 1.165) is 61.2 Å². The summed E-state index contributed by atoms with van der Waals surface area (Å²) in [6.07, 6.45) is 4.83. The number of anilines is 2. The van der Waals surface area contributed by atoms with E-state index in [1.54, 1.807) is 5.48 Å². The van der Waals surface area contributed by atoms with Gasteiger partial charge in [0.05, 0.1) is 25.5 Å². The Morgan fingerprint density at radius 2 is 1.51 bits per heavy atom. The Hall–Kier alpha value is -4.33. The molecule has 3 aliphatic rings. The zero-order chi connectivity index (χ0) is 35.6. The van der Waals surface area contributed by atoms with Crippen LogP contribution in [0.15, 0.2) is 78.9 Å². The molecule has 0 aromatic heterocycles. The first-order valence-corrected chi connectivity index (χ1v) is 18.0. The van der Waals surface area contributed by atoms with Crippen molar-refractivity contribution in [2.45, 2.75) is 88.4 Å². The molecule has 272 valence electrons. The molecule has 3 aliphatic heterocycles. The minimum Gasteiger partial charge on any atom is -0.392 e. The molecule has 0 saturated carbocycles. The Morgan fingerprint density at radius 1 is 0.843 bits per heavy atom. The smallest absolute Gasteiger partial charge is 0.247 e. The van der Waals surface area contributed by atoms with E-state index in [-0.39, 0.29) is 37.0 Å². The number of nitrogens with zero attached hydrogens (tertiary/aromatic N) is 2. The molecule has 12 heteroatoms. The van der Waals surface area contributed by atoms with E-state index in [0.29, 0.717) is 44.6 Å². The van der Waals surface area contributed by atoms with Crippen LogP contribution in [0.1, 0.15) is 86.9 Å². The van der Waals surface area contributed by atoms with Crippen LogP contribution in [0.2, 0.25) is 0 Å². The Balaban J connectivity index is 1.07. The van der Waals surface area contributed by atoms with Gasteiger partial charge >= 0.3 is 0 Å². The number of likely N-dealkylation sites (tertiary alicyclic amines) is 1. The van der Waals surface area contributed by atoms with Gasteiger partial charge in [-0.1, -0.05) is 67.4 Å². The minimum absolute atomic E-state index is 0.0231. The second-order valence-corrected chi connectivity index (χ2v) is 13.7. The number of nitrogens with one attached hydrogen (secondary N) is 3. The number of hydrogen-bond acceptors (Lipinski definition) is 9. The van der Waals surface area contributed by atoms with Crippen molar-refractivity contribution in [1.82, 2.24) is 15.7 Å². The number of hydroxylamine groups is 1. The molecule has 1 spiro atoms. The summed E-state index contributed by atoms with van der Waals surface area (Å²) in [6, 6.07) is 25.5. The van der Waals surface area contributed by atoms with Gasteiger partial charge in [0, 0.05) is 55.8 Å². The number of piperidine rings is 1. The molecule has 3 fully saturated rings. The maximum Gasteiger partial charge on any atom is 0.247 e. The second-order valence-electron chi connectivity index (χ2n) is 13.7. The molecule has 3 unspecified atom stereocenters. The summed E-state index contributed by atoms with van der Waals surface area (Å²) in [4.78, 5) is 41.5. The third-order valence-corrected chi connectivity index (χ3v) is 10.3. The normalized spacial score (nSPS) is 21.7. The van der Waals surface area contributed by atoms with Gasteiger partial charge < -0.3 is 35.0 Å². The Bertz CT molecular complexity index is 1600. The topological polar surface area (TPSA) is 153 Å². The van der Waals surface area contributed by atoms with Crippen molar-refractivity contribution in [3.05, 3.63) is 95.6 Å². The third kappa shape index (κ3) is 9.13. The molecular weight excluding hydrogens is 650 g/mol. The highest BCUT2D eigenvalue weighted by Gasteiger charge is 2.50. The maximum absolute atomic E-state index is 13.2. The van der Waals surface area contributed by atoms with E-state index in [1.807, 2.05) is 66.7 Å². The summed E-state index contributed by atoms with van der Waals surface area (Å²) in [6.45, 7) is 2.74. The van der Waals surface area contributed by atoms with Gasteiger partial charge in [-0.2, -0.15) is 0 Å². The number of ether oxygens (including phenoxy) is 2. The molecule has 6 rings (SSSR count). The Morgan fingerprint density at radius 3 is 2.18 bits per heavy atom. The van der Waals surface area contributed by atoms with E-state index in [2.05, 4.69) is 32.6 Å². The number of para-hydroxylation sites is 1. The van der Waals surface area contributed by atoms with Crippen LogP contribution in [-0.4, -0.2) is 70.9 Å². The molecule has 3 amide bonds. The summed E-state index contributed by atoms with van der Waals surface area (Å²) in [5.41, 5.74) is 5.53. The van der Waals surface area contributed by atoms with E-state index in [4.69, 9.17) is 14.7 Å². The summed E-state index contributed by atoms with van der Waals surface area (Å²) < 4.78 is 13.2. The summed E-state index contributed by atoms with van der Waals surface area (Å²) in [5, 5.41) is 24.2. The SMILES string of the molecule is O=C(CCCCCCC(=O)Nc1ccc(C2OC(CN3CCC4(CC3)C(=O)NCN4c3ccccc3)CC(c3ccc(CO)cc3)O2)cc1)NO. The quantitative estimate of drug-likeness (QED) is 0.0896. The number of amides is 3.